The summed E-state index contributed by atoms with van der Waals surface area (Å²) in [4.78, 5) is 11.1. The van der Waals surface area contributed by atoms with Gasteiger partial charge in [-0.2, -0.15) is 13.2 Å². The molecule has 4 aromatic rings. The van der Waals surface area contributed by atoms with Crippen LogP contribution in [0.3, 0.4) is 0 Å². The van der Waals surface area contributed by atoms with Crippen molar-refractivity contribution in [3.05, 3.63) is 84.1 Å². The number of carboxylic acids is 1. The third-order valence-electron chi connectivity index (χ3n) is 5.23. The van der Waals surface area contributed by atoms with Gasteiger partial charge in [0.2, 0.25) is 5.88 Å². The van der Waals surface area contributed by atoms with Crippen molar-refractivity contribution < 1.29 is 50.5 Å². The molecule has 0 fully saturated rings. The molecule has 204 valence electrons. The Morgan fingerprint density at radius 3 is 2.13 bits per heavy atom. The van der Waals surface area contributed by atoms with Crippen LogP contribution in [0.4, 0.5) is 26.3 Å². The molecular formula is C26H18F6N2O5. The van der Waals surface area contributed by atoms with Crippen LogP contribution in [0.1, 0.15) is 22.8 Å². The van der Waals surface area contributed by atoms with Gasteiger partial charge >= 0.3 is 18.5 Å². The van der Waals surface area contributed by atoms with Crippen molar-refractivity contribution in [2.75, 3.05) is 6.61 Å². The first-order valence-electron chi connectivity index (χ1n) is 11.2. The summed E-state index contributed by atoms with van der Waals surface area (Å²) in [6.07, 6.45) is -8.23. The highest BCUT2D eigenvalue weighted by atomic mass is 19.4. The predicted molar refractivity (Wildman–Crippen MR) is 125 cm³/mol. The van der Waals surface area contributed by atoms with Gasteiger partial charge in [0.05, 0.1) is 23.3 Å². The summed E-state index contributed by atoms with van der Waals surface area (Å²) in [5.41, 5.74) is -0.535. The van der Waals surface area contributed by atoms with E-state index < -0.39 is 29.8 Å². The van der Waals surface area contributed by atoms with E-state index in [1.807, 2.05) is 0 Å². The number of alkyl halides is 6. The molecule has 1 aromatic heterocycles. The Kier molecular flexibility index (Phi) is 7.43. The molecule has 0 saturated carbocycles. The van der Waals surface area contributed by atoms with Crippen LogP contribution in [0, 0.1) is 0 Å². The molecule has 0 aliphatic rings. The van der Waals surface area contributed by atoms with E-state index in [9.17, 15) is 31.1 Å². The number of benzene rings is 3. The summed E-state index contributed by atoms with van der Waals surface area (Å²) in [7, 11) is 0. The van der Waals surface area contributed by atoms with E-state index in [1.165, 1.54) is 42.6 Å². The van der Waals surface area contributed by atoms with E-state index in [-0.39, 0.29) is 40.8 Å². The van der Waals surface area contributed by atoms with Crippen LogP contribution in [0.5, 0.6) is 23.1 Å². The summed E-state index contributed by atoms with van der Waals surface area (Å²) >= 11 is 0. The van der Waals surface area contributed by atoms with Gasteiger partial charge in [0.25, 0.3) is 0 Å². The van der Waals surface area contributed by atoms with Crippen LogP contribution in [0.2, 0.25) is 0 Å². The third kappa shape index (κ3) is 6.61. The second-order valence-corrected chi connectivity index (χ2v) is 7.91. The van der Waals surface area contributed by atoms with E-state index in [0.717, 1.165) is 35.0 Å². The molecule has 0 amide bonds. The van der Waals surface area contributed by atoms with Gasteiger partial charge in [-0.15, -0.1) is 18.3 Å². The molecule has 13 heteroatoms. The quantitative estimate of drug-likeness (QED) is 0.230. The molecule has 0 aliphatic carbocycles. The summed E-state index contributed by atoms with van der Waals surface area (Å²) in [6.45, 7) is 1.79. The van der Waals surface area contributed by atoms with Crippen LogP contribution in [-0.4, -0.2) is 33.8 Å². The highest BCUT2D eigenvalue weighted by Gasteiger charge is 2.32. The van der Waals surface area contributed by atoms with E-state index in [0.29, 0.717) is 5.56 Å². The molecule has 0 atom stereocenters. The number of aromatic carboxylic acids is 1. The molecule has 0 spiro atoms. The molecule has 3 aromatic carbocycles. The normalized spacial score (nSPS) is 11.8. The number of ether oxygens (including phenoxy) is 3. The minimum absolute atomic E-state index is 0.0151. The Labute approximate surface area is 216 Å². The first-order chi connectivity index (χ1) is 18.3. The zero-order valence-corrected chi connectivity index (χ0v) is 19.9. The number of carboxylic acid groups (broad SMARTS) is 1. The van der Waals surface area contributed by atoms with Crippen molar-refractivity contribution >= 4 is 5.97 Å². The smallest absolute Gasteiger partial charge is 0.492 e. The van der Waals surface area contributed by atoms with Crippen LogP contribution in [0.25, 0.3) is 16.8 Å². The molecule has 4 rings (SSSR count). The fourth-order valence-electron chi connectivity index (χ4n) is 3.52. The molecule has 0 aliphatic heterocycles. The summed E-state index contributed by atoms with van der Waals surface area (Å²) in [5.74, 6) is -1.53. The van der Waals surface area contributed by atoms with Gasteiger partial charge in [0, 0.05) is 6.20 Å². The number of hydrogen-bond donors (Lipinski definition) is 1. The van der Waals surface area contributed by atoms with Crippen molar-refractivity contribution in [1.29, 1.82) is 0 Å². The maximum Gasteiger partial charge on any atom is 0.573 e. The number of carbonyl (C=O) groups is 1. The monoisotopic (exact) mass is 552 g/mol. The lowest BCUT2D eigenvalue weighted by molar-refractivity contribution is -0.274. The number of halogens is 6. The molecule has 1 heterocycles. The Hall–Kier alpha value is -4.68. The van der Waals surface area contributed by atoms with Crippen LogP contribution in [0.15, 0.2) is 72.9 Å². The number of rotatable bonds is 8. The third-order valence-corrected chi connectivity index (χ3v) is 5.23. The summed E-state index contributed by atoms with van der Waals surface area (Å²) < 4.78 is 94.4. The largest absolute Gasteiger partial charge is 0.573 e. The van der Waals surface area contributed by atoms with Crippen molar-refractivity contribution in [3.8, 4) is 39.9 Å². The van der Waals surface area contributed by atoms with Crippen LogP contribution >= 0.6 is 0 Å². The molecule has 1 N–H and O–H groups in total. The van der Waals surface area contributed by atoms with E-state index >= 15 is 0 Å². The summed E-state index contributed by atoms with van der Waals surface area (Å²) in [5, 5.41) is 13.4. The fourth-order valence-corrected chi connectivity index (χ4v) is 3.52. The SMILES string of the molecule is CCOc1ccc(C(F)(F)F)cc1-n1cc(-c2ccc(OC(F)(F)F)cc2)c(Oc2ccc(C(=O)O)cc2)n1. The zero-order valence-electron chi connectivity index (χ0n) is 19.9. The van der Waals surface area contributed by atoms with Gasteiger partial charge < -0.3 is 19.3 Å². The second-order valence-electron chi connectivity index (χ2n) is 7.91. The van der Waals surface area contributed by atoms with Crippen molar-refractivity contribution in [2.45, 2.75) is 19.5 Å². The minimum atomic E-state index is -4.90. The van der Waals surface area contributed by atoms with Crippen LogP contribution < -0.4 is 14.2 Å². The van der Waals surface area contributed by atoms with Gasteiger partial charge in [-0.05, 0) is 67.1 Å². The lowest BCUT2D eigenvalue weighted by atomic mass is 10.1. The van der Waals surface area contributed by atoms with Crippen molar-refractivity contribution in [2.24, 2.45) is 0 Å². The molecule has 7 nitrogen and oxygen atoms in total. The van der Waals surface area contributed by atoms with Gasteiger partial charge in [0.15, 0.2) is 0 Å². The topological polar surface area (TPSA) is 82.8 Å². The van der Waals surface area contributed by atoms with Crippen LogP contribution in [-0.2, 0) is 6.18 Å². The molecule has 0 unspecified atom stereocenters. The van der Waals surface area contributed by atoms with Gasteiger partial charge in [-0.25, -0.2) is 9.48 Å². The average Bonchev–Trinajstić information content (AvgIpc) is 3.27. The highest BCUT2D eigenvalue weighted by Crippen LogP contribution is 2.38. The first kappa shape index (κ1) is 27.4. The van der Waals surface area contributed by atoms with Gasteiger partial charge in [0.1, 0.15) is 22.9 Å². The van der Waals surface area contributed by atoms with Gasteiger partial charge in [-0.3, -0.25) is 0 Å². The van der Waals surface area contributed by atoms with E-state index in [4.69, 9.17) is 14.6 Å². The first-order valence-corrected chi connectivity index (χ1v) is 11.2. The minimum Gasteiger partial charge on any atom is -0.492 e. The number of hydrogen-bond acceptors (Lipinski definition) is 5. The van der Waals surface area contributed by atoms with Crippen molar-refractivity contribution in [3.63, 3.8) is 0 Å². The fraction of sp³-hybridized carbons (Fsp3) is 0.154. The predicted octanol–water partition coefficient (Wildman–Crippen LogP) is 7.35. The Balaban J connectivity index is 1.81. The summed E-state index contributed by atoms with van der Waals surface area (Å²) in [6, 6.07) is 12.8. The molecule has 0 saturated heterocycles. The Morgan fingerprint density at radius 2 is 1.56 bits per heavy atom. The molecule has 0 radical (unpaired) electrons. The number of aromatic nitrogens is 2. The van der Waals surface area contributed by atoms with E-state index in [1.54, 1.807) is 6.92 Å². The van der Waals surface area contributed by atoms with Gasteiger partial charge in [-0.1, -0.05) is 12.1 Å². The second kappa shape index (κ2) is 10.6. The number of nitrogens with zero attached hydrogens (tertiary/aromatic N) is 2. The lowest BCUT2D eigenvalue weighted by Crippen LogP contribution is -2.16. The molecule has 39 heavy (non-hydrogen) atoms. The zero-order chi connectivity index (χ0) is 28.4. The molecule has 0 bridgehead atoms. The Bertz CT molecular complexity index is 1460. The van der Waals surface area contributed by atoms with Crippen molar-refractivity contribution in [1.82, 2.24) is 9.78 Å². The maximum atomic E-state index is 13.5. The van der Waals surface area contributed by atoms with E-state index in [2.05, 4.69) is 9.84 Å². The maximum absolute atomic E-state index is 13.5. The average molecular weight is 552 g/mol. The molecular weight excluding hydrogens is 534 g/mol. The lowest BCUT2D eigenvalue weighted by Gasteiger charge is -2.13. The Morgan fingerprint density at radius 1 is 0.923 bits per heavy atom. The standard InChI is InChI=1S/C26H18F6N2O5/c1-2-37-22-12-7-17(25(27,28)29)13-21(22)34-14-20(15-3-10-19(11-4-15)39-26(30,31)32)23(33-34)38-18-8-5-16(6-9-18)24(35)36/h3-14H,2H2,1H3,(H,35,36). The highest BCUT2D eigenvalue weighted by molar-refractivity contribution is 5.87.